The third-order valence-corrected chi connectivity index (χ3v) is 16.5. The first kappa shape index (κ1) is 65.8. The number of hydrogen-bond acceptors (Lipinski definition) is 20. The van der Waals surface area contributed by atoms with Crippen LogP contribution >= 0.6 is 0 Å². The van der Waals surface area contributed by atoms with Gasteiger partial charge < -0.3 is 92.6 Å². The lowest BCUT2D eigenvalue weighted by Crippen LogP contribution is -2.71. The Hall–Kier alpha value is -4.31. The molecule has 5 aliphatic heterocycles. The van der Waals surface area contributed by atoms with Gasteiger partial charge in [-0.2, -0.15) is 0 Å². The van der Waals surface area contributed by atoms with E-state index in [4.69, 9.17) is 52.1 Å². The van der Waals surface area contributed by atoms with E-state index in [0.717, 1.165) is 5.57 Å². The molecule has 1 aromatic rings. The zero-order valence-electron chi connectivity index (χ0n) is 49.0. The van der Waals surface area contributed by atoms with Crippen LogP contribution in [-0.2, 0) is 59.2 Å². The van der Waals surface area contributed by atoms with E-state index in [1.165, 1.54) is 39.2 Å². The molecule has 23 atom stereocenters. The Morgan fingerprint density at radius 1 is 0.802 bits per heavy atom. The summed E-state index contributed by atoms with van der Waals surface area (Å²) in [5, 5.41) is 72.7. The summed E-state index contributed by atoms with van der Waals surface area (Å²) < 4.78 is 67.7. The first-order valence-electron chi connectivity index (χ1n) is 27.7. The highest BCUT2D eigenvalue weighted by molar-refractivity contribution is 6.01. The number of carbonyl (C=O) groups is 2. The number of methoxy groups -OCH3 is 4. The molecule has 0 radical (unpaired) electrons. The molecule has 6 heterocycles. The van der Waals surface area contributed by atoms with Gasteiger partial charge in [0.1, 0.15) is 78.5 Å². The summed E-state index contributed by atoms with van der Waals surface area (Å²) in [5.74, 6) is -5.64. The monoisotopic (exact) mass is 1140 g/mol. The number of carbonyl (C=O) groups excluding carboxylic acids is 2. The molecule has 4 saturated heterocycles. The molecule has 0 aliphatic carbocycles. The van der Waals surface area contributed by atoms with Gasteiger partial charge in [0, 0.05) is 59.6 Å². The Labute approximate surface area is 474 Å². The molecule has 1 aromatic heterocycles. The molecule has 2 unspecified atom stereocenters. The highest BCUT2D eigenvalue weighted by Gasteiger charge is 2.63. The second-order valence-electron chi connectivity index (χ2n) is 22.2. The number of aryl methyl sites for hydroxylation is 1. The number of aliphatic hydroxyl groups excluding tert-OH is 5. The van der Waals surface area contributed by atoms with Gasteiger partial charge in [0.05, 0.1) is 48.5 Å². The maximum atomic E-state index is 14.1. The molecule has 6 rings (SSSR count). The SMILES string of the molecule is C/C=C\C=C\[C@@H]1O[C@](O)([C@H](CC)C(=O)NC/C=C/C=C(\C)[C@@H](OC)[C@@H](C)[C@@H]2O[C@H](/C=C/C=C/C3Oc4ccn(C)c(=O)c4C(=O)C3C)[C@@H](O)[C@H]2O)[C@H](O)[C@H](O[C@@H]2O[C@H](C)[C@@H](O[C@@H]3O[C@@H](C)[C@H](OC)[C@@H](O)[C@H]3OC)[C@@H](OC)[C@H]2O)C1(C)C. The fourth-order valence-corrected chi connectivity index (χ4v) is 11.6. The fraction of sp³-hybridized carbons (Fsp3) is 0.678. The van der Waals surface area contributed by atoms with Crippen molar-refractivity contribution in [1.29, 1.82) is 0 Å². The van der Waals surface area contributed by atoms with Gasteiger partial charge in [-0.15, -0.1) is 0 Å². The van der Waals surface area contributed by atoms with E-state index in [2.05, 4.69) is 5.32 Å². The number of hydrogen-bond donors (Lipinski definition) is 7. The molecule has 0 aromatic carbocycles. The zero-order chi connectivity index (χ0) is 59.8. The van der Waals surface area contributed by atoms with Crippen molar-refractivity contribution < 1.29 is 92.3 Å². The smallest absolute Gasteiger partial charge is 0.264 e. The molecule has 0 bridgehead atoms. The summed E-state index contributed by atoms with van der Waals surface area (Å²) in [4.78, 5) is 39.7. The maximum Gasteiger partial charge on any atom is 0.264 e. The maximum absolute atomic E-state index is 14.1. The van der Waals surface area contributed by atoms with Crippen LogP contribution in [0.5, 0.6) is 5.75 Å². The van der Waals surface area contributed by atoms with Gasteiger partial charge in [-0.1, -0.05) is 95.4 Å². The number of pyridine rings is 1. The molecule has 5 aliphatic rings. The highest BCUT2D eigenvalue weighted by atomic mass is 16.8. The van der Waals surface area contributed by atoms with Crippen LogP contribution in [0.25, 0.3) is 0 Å². The summed E-state index contributed by atoms with van der Waals surface area (Å²) in [6, 6.07) is 1.58. The Balaban J connectivity index is 1.09. The predicted molar refractivity (Wildman–Crippen MR) is 295 cm³/mol. The number of aromatic nitrogens is 1. The van der Waals surface area contributed by atoms with Crippen molar-refractivity contribution >= 4 is 11.7 Å². The number of amides is 1. The minimum atomic E-state index is -2.53. The zero-order valence-corrected chi connectivity index (χ0v) is 49.0. The van der Waals surface area contributed by atoms with Gasteiger partial charge in [0.15, 0.2) is 18.4 Å². The molecule has 22 heteroatoms. The van der Waals surface area contributed by atoms with Crippen molar-refractivity contribution in [3.8, 4) is 5.75 Å². The minimum absolute atomic E-state index is 0.00640. The van der Waals surface area contributed by atoms with Crippen LogP contribution in [0.4, 0.5) is 0 Å². The Morgan fingerprint density at radius 3 is 2.06 bits per heavy atom. The molecular formula is C59H88N2O20. The number of nitrogens with one attached hydrogen (secondary N) is 1. The molecule has 454 valence electrons. The second-order valence-corrected chi connectivity index (χ2v) is 22.2. The normalized spacial score (nSPS) is 38.7. The number of rotatable bonds is 22. The Bertz CT molecular complexity index is 2510. The van der Waals surface area contributed by atoms with Gasteiger partial charge in [-0.25, -0.2) is 0 Å². The van der Waals surface area contributed by atoms with Crippen LogP contribution in [-0.4, -0.2) is 204 Å². The largest absolute Gasteiger partial charge is 0.485 e. The van der Waals surface area contributed by atoms with Crippen LogP contribution in [0.3, 0.4) is 0 Å². The van der Waals surface area contributed by atoms with E-state index in [1.54, 1.807) is 121 Å². The summed E-state index contributed by atoms with van der Waals surface area (Å²) in [6.45, 7) is 15.8. The molecule has 22 nitrogen and oxygen atoms in total. The molecule has 7 N–H and O–H groups in total. The van der Waals surface area contributed by atoms with Crippen LogP contribution in [0.15, 0.2) is 89.5 Å². The molecule has 1 amide bonds. The van der Waals surface area contributed by atoms with Gasteiger partial charge in [-0.05, 0) is 51.8 Å². The van der Waals surface area contributed by atoms with Crippen LogP contribution < -0.4 is 15.6 Å². The van der Waals surface area contributed by atoms with Crippen molar-refractivity contribution in [2.75, 3.05) is 35.0 Å². The molecule has 81 heavy (non-hydrogen) atoms. The highest BCUT2D eigenvalue weighted by Crippen LogP contribution is 2.47. The van der Waals surface area contributed by atoms with E-state index in [1.807, 2.05) is 20.8 Å². The Morgan fingerprint density at radius 2 is 1.43 bits per heavy atom. The lowest BCUT2D eigenvalue weighted by atomic mass is 9.70. The molecule has 0 saturated carbocycles. The van der Waals surface area contributed by atoms with E-state index < -0.39 is 157 Å². The van der Waals surface area contributed by atoms with Crippen molar-refractivity contribution in [2.24, 2.45) is 30.2 Å². The Kier molecular flexibility index (Phi) is 23.2. The van der Waals surface area contributed by atoms with Gasteiger partial charge in [0.2, 0.25) is 11.7 Å². The van der Waals surface area contributed by atoms with Gasteiger partial charge in [0.25, 0.3) is 5.56 Å². The lowest BCUT2D eigenvalue weighted by Gasteiger charge is -2.55. The van der Waals surface area contributed by atoms with Gasteiger partial charge in [-0.3, -0.25) is 14.4 Å². The summed E-state index contributed by atoms with van der Waals surface area (Å²) >= 11 is 0. The predicted octanol–water partition coefficient (Wildman–Crippen LogP) is 2.50. The summed E-state index contributed by atoms with van der Waals surface area (Å²) in [5.41, 5.74) is -0.772. The van der Waals surface area contributed by atoms with E-state index in [0.29, 0.717) is 0 Å². The third kappa shape index (κ3) is 13.9. The number of aliphatic hydroxyl groups is 6. The molecule has 0 spiro atoms. The standard InChI is InChI=1S/C59H88N2O20/c1-15-17-18-26-39-58(8,9)53(80-56-45(66)50(73-13)49(34(7)75-56)79-57-51(74-14)44(65)48(72-12)33(6)76-57)52(67)59(70,81-39)35(16-2)54(68)60-28-22-21-23-30(3)46(71-11)32(5)47-43(64)42(63)38(78-47)25-20-19-24-36-31(4)41(62)40-37(77-36)27-29-61(10)55(40)69/h15,17-27,29,31-36,38-39,42-53,56-57,63-67,70H,16,28H2,1-14H3,(H,60,68)/b17-15-,22-21+,24-19+,25-20+,26-18+,30-23+/t31?,32-,33+,34-,35-,36?,38-,39+,42-,43-,44-,45-,46-,47+,48+,49-,50+,51-,52-,53+,56+,57+,59-/m1/s1. The average molecular weight is 1150 g/mol. The van der Waals surface area contributed by atoms with Crippen molar-refractivity contribution in [2.45, 2.75) is 191 Å². The van der Waals surface area contributed by atoms with Gasteiger partial charge >= 0.3 is 0 Å². The molecule has 4 fully saturated rings. The van der Waals surface area contributed by atoms with E-state index in [9.17, 15) is 45.0 Å². The first-order chi connectivity index (χ1) is 38.4. The topological polar surface area (TPSA) is 291 Å². The number of nitrogens with zero attached hydrogens (tertiary/aromatic N) is 1. The number of Topliss-reactive ketones (excluding diaryl/α,β-unsaturated/α-hetero) is 1. The first-order valence-corrected chi connectivity index (χ1v) is 27.7. The van der Waals surface area contributed by atoms with Crippen molar-refractivity contribution in [1.82, 2.24) is 9.88 Å². The molecular weight excluding hydrogens is 1060 g/mol. The third-order valence-electron chi connectivity index (χ3n) is 16.5. The summed E-state index contributed by atoms with van der Waals surface area (Å²) in [7, 11) is 7.33. The van der Waals surface area contributed by atoms with Crippen LogP contribution in [0, 0.1) is 23.2 Å². The second kappa shape index (κ2) is 28.5. The average Bonchev–Trinajstić information content (AvgIpc) is 3.84. The fourth-order valence-electron chi connectivity index (χ4n) is 11.6. The minimum Gasteiger partial charge on any atom is -0.485 e. The van der Waals surface area contributed by atoms with Crippen molar-refractivity contribution in [3.05, 3.63) is 101 Å². The van der Waals surface area contributed by atoms with E-state index in [-0.39, 0.29) is 30.1 Å². The quantitative estimate of drug-likeness (QED) is 0.0821. The van der Waals surface area contributed by atoms with Crippen LogP contribution in [0.2, 0.25) is 0 Å². The number of allylic oxidation sites excluding steroid dienone is 7. The van der Waals surface area contributed by atoms with E-state index >= 15 is 0 Å². The number of ether oxygens (including phenoxy) is 11. The number of ketones is 1. The summed E-state index contributed by atoms with van der Waals surface area (Å²) in [6.07, 6.45) is 0.394. The van der Waals surface area contributed by atoms with Crippen LogP contribution in [0.1, 0.15) is 79.1 Å². The van der Waals surface area contributed by atoms with Crippen molar-refractivity contribution in [3.63, 3.8) is 0 Å². The lowest BCUT2D eigenvalue weighted by molar-refractivity contribution is -0.399. The number of fused-ring (bicyclic) bond motifs is 1.